The van der Waals surface area contributed by atoms with Crippen LogP contribution in [0.15, 0.2) is 24.3 Å². The van der Waals surface area contributed by atoms with Crippen molar-refractivity contribution in [3.8, 4) is 5.75 Å². The van der Waals surface area contributed by atoms with E-state index in [1.165, 1.54) is 0 Å². The Morgan fingerprint density at radius 3 is 2.90 bits per heavy atom. The predicted molar refractivity (Wildman–Crippen MR) is 83.0 cm³/mol. The zero-order valence-electron chi connectivity index (χ0n) is 12.5. The number of methoxy groups -OCH3 is 1. The maximum Gasteiger partial charge on any atom is 0.323 e. The van der Waals surface area contributed by atoms with Crippen LogP contribution in [-0.4, -0.2) is 30.7 Å². The number of hydrogen-bond acceptors (Lipinski definition) is 3. The van der Waals surface area contributed by atoms with E-state index < -0.39 is 0 Å². The lowest BCUT2D eigenvalue weighted by atomic mass is 10.1. The number of carbonyl (C=O) groups is 1. The van der Waals surface area contributed by atoms with Gasteiger partial charge in [-0.1, -0.05) is 0 Å². The van der Waals surface area contributed by atoms with E-state index in [0.29, 0.717) is 6.54 Å². The molecule has 110 valence electrons. The second kappa shape index (κ2) is 5.24. The minimum absolute atomic E-state index is 0.0847. The number of aromatic nitrogens is 1. The summed E-state index contributed by atoms with van der Waals surface area (Å²) in [6.07, 6.45) is 0.843. The number of ether oxygens (including phenoxy) is 1. The van der Waals surface area contributed by atoms with E-state index in [0.717, 1.165) is 34.5 Å². The van der Waals surface area contributed by atoms with E-state index in [-0.39, 0.29) is 12.1 Å². The Balaban J connectivity index is 2.01. The Morgan fingerprint density at radius 1 is 1.38 bits per heavy atom. The summed E-state index contributed by atoms with van der Waals surface area (Å²) in [7, 11) is 1.64. The van der Waals surface area contributed by atoms with E-state index in [2.05, 4.69) is 16.4 Å². The highest BCUT2D eigenvalue weighted by Gasteiger charge is 2.26. The van der Waals surface area contributed by atoms with Crippen molar-refractivity contribution in [3.05, 3.63) is 29.8 Å². The molecule has 1 aliphatic heterocycles. The number of hydrogen-bond donors (Lipinski definition) is 1. The van der Waals surface area contributed by atoms with Crippen LogP contribution in [0, 0.1) is 0 Å². The van der Waals surface area contributed by atoms with Gasteiger partial charge in [0.1, 0.15) is 11.6 Å². The molecule has 0 bridgehead atoms. The molecule has 1 aromatic heterocycles. The summed E-state index contributed by atoms with van der Waals surface area (Å²) in [6.45, 7) is 4.58. The molecule has 0 fully saturated rings. The Hall–Kier alpha value is -2.30. The van der Waals surface area contributed by atoms with Crippen LogP contribution in [0.5, 0.6) is 5.75 Å². The fourth-order valence-electron chi connectivity index (χ4n) is 2.59. The molecule has 1 aromatic carbocycles. The molecular weight excluding hydrogens is 266 g/mol. The summed E-state index contributed by atoms with van der Waals surface area (Å²) in [5.41, 5.74) is 1.96. The lowest BCUT2D eigenvalue weighted by molar-refractivity contribution is 0.244. The van der Waals surface area contributed by atoms with Crippen molar-refractivity contribution < 1.29 is 9.53 Å². The minimum Gasteiger partial charge on any atom is -0.497 e. The summed E-state index contributed by atoms with van der Waals surface area (Å²) in [5, 5.41) is 3.99. The number of rotatable bonds is 2. The van der Waals surface area contributed by atoms with Crippen LogP contribution < -0.4 is 15.0 Å². The quantitative estimate of drug-likeness (QED) is 0.923. The molecular formula is C16H19N3O2. The van der Waals surface area contributed by atoms with Gasteiger partial charge in [-0.15, -0.1) is 0 Å². The molecule has 0 atom stereocenters. The van der Waals surface area contributed by atoms with E-state index in [1.807, 2.05) is 32.0 Å². The summed E-state index contributed by atoms with van der Waals surface area (Å²) < 4.78 is 5.24. The molecule has 0 spiro atoms. The number of nitrogens with zero attached hydrogens (tertiary/aromatic N) is 2. The van der Waals surface area contributed by atoms with Gasteiger partial charge in [-0.2, -0.15) is 0 Å². The van der Waals surface area contributed by atoms with Crippen molar-refractivity contribution in [1.29, 1.82) is 0 Å². The third-order valence-corrected chi connectivity index (χ3v) is 3.60. The number of amides is 2. The van der Waals surface area contributed by atoms with Crippen LogP contribution in [0.1, 0.15) is 19.4 Å². The largest absolute Gasteiger partial charge is 0.497 e. The SMILES string of the molecule is COc1ccc2cc3c(nc2c1)N(C(=O)NC(C)C)CC3. The molecule has 0 radical (unpaired) electrons. The first-order chi connectivity index (χ1) is 10.1. The number of carbonyl (C=O) groups excluding carboxylic acids is 1. The Labute approximate surface area is 123 Å². The molecule has 0 saturated carbocycles. The van der Waals surface area contributed by atoms with E-state index in [1.54, 1.807) is 12.0 Å². The van der Waals surface area contributed by atoms with Gasteiger partial charge in [0.05, 0.1) is 12.6 Å². The van der Waals surface area contributed by atoms with Gasteiger partial charge >= 0.3 is 6.03 Å². The molecule has 1 aliphatic rings. The lowest BCUT2D eigenvalue weighted by Crippen LogP contribution is -2.42. The van der Waals surface area contributed by atoms with Crippen LogP contribution in [0.2, 0.25) is 0 Å². The Kier molecular flexibility index (Phi) is 3.41. The first kappa shape index (κ1) is 13.7. The van der Waals surface area contributed by atoms with E-state index >= 15 is 0 Å². The van der Waals surface area contributed by atoms with Gasteiger partial charge in [-0.3, -0.25) is 4.90 Å². The van der Waals surface area contributed by atoms with Crippen molar-refractivity contribution in [2.75, 3.05) is 18.6 Å². The third kappa shape index (κ3) is 2.51. The maximum absolute atomic E-state index is 12.2. The van der Waals surface area contributed by atoms with Crippen LogP contribution in [0.4, 0.5) is 10.6 Å². The molecule has 2 aromatic rings. The fraction of sp³-hybridized carbons (Fsp3) is 0.375. The topological polar surface area (TPSA) is 54.5 Å². The van der Waals surface area contributed by atoms with Crippen LogP contribution >= 0.6 is 0 Å². The second-order valence-corrected chi connectivity index (χ2v) is 5.54. The van der Waals surface area contributed by atoms with Crippen LogP contribution in [0.25, 0.3) is 10.9 Å². The van der Waals surface area contributed by atoms with Gasteiger partial charge in [0.15, 0.2) is 0 Å². The summed E-state index contributed by atoms with van der Waals surface area (Å²) >= 11 is 0. The summed E-state index contributed by atoms with van der Waals surface area (Å²) in [5.74, 6) is 1.53. The second-order valence-electron chi connectivity index (χ2n) is 5.54. The van der Waals surface area contributed by atoms with Crippen molar-refractivity contribution in [1.82, 2.24) is 10.3 Å². The molecule has 3 rings (SSSR count). The normalized spacial score (nSPS) is 13.6. The van der Waals surface area contributed by atoms with Crippen molar-refractivity contribution in [2.45, 2.75) is 26.3 Å². The molecule has 1 N–H and O–H groups in total. The van der Waals surface area contributed by atoms with E-state index in [9.17, 15) is 4.79 Å². The van der Waals surface area contributed by atoms with Crippen LogP contribution in [0.3, 0.4) is 0 Å². The number of fused-ring (bicyclic) bond motifs is 2. The van der Waals surface area contributed by atoms with Crippen LogP contribution in [-0.2, 0) is 6.42 Å². The molecule has 0 aliphatic carbocycles. The maximum atomic E-state index is 12.2. The number of urea groups is 1. The van der Waals surface area contributed by atoms with Crippen molar-refractivity contribution in [2.24, 2.45) is 0 Å². The molecule has 0 unspecified atom stereocenters. The molecule has 0 saturated heterocycles. The summed E-state index contributed by atoms with van der Waals surface area (Å²) in [6, 6.07) is 7.96. The predicted octanol–water partition coefficient (Wildman–Crippen LogP) is 2.72. The molecule has 2 heterocycles. The van der Waals surface area contributed by atoms with Gasteiger partial charge in [-0.05, 0) is 44.0 Å². The average molecular weight is 285 g/mol. The van der Waals surface area contributed by atoms with Gasteiger partial charge in [0.25, 0.3) is 0 Å². The van der Waals surface area contributed by atoms with E-state index in [4.69, 9.17) is 4.74 Å². The Bertz CT molecular complexity index is 697. The van der Waals surface area contributed by atoms with Gasteiger partial charge < -0.3 is 10.1 Å². The monoisotopic (exact) mass is 285 g/mol. The number of pyridine rings is 1. The first-order valence-electron chi connectivity index (χ1n) is 7.14. The molecule has 5 nitrogen and oxygen atoms in total. The standard InChI is InChI=1S/C16H19N3O2/c1-10(2)17-16(20)19-7-6-12-8-11-4-5-13(21-3)9-14(11)18-15(12)19/h4-5,8-10H,6-7H2,1-3H3,(H,17,20). The molecule has 21 heavy (non-hydrogen) atoms. The van der Waals surface area contributed by atoms with Crippen molar-refractivity contribution in [3.63, 3.8) is 0 Å². The van der Waals surface area contributed by atoms with Gasteiger partial charge in [-0.25, -0.2) is 9.78 Å². The Morgan fingerprint density at radius 2 is 2.19 bits per heavy atom. The number of anilines is 1. The first-order valence-corrected chi connectivity index (χ1v) is 7.14. The highest BCUT2D eigenvalue weighted by atomic mass is 16.5. The number of nitrogens with one attached hydrogen (secondary N) is 1. The van der Waals surface area contributed by atoms with Crippen molar-refractivity contribution >= 4 is 22.8 Å². The zero-order valence-corrected chi connectivity index (χ0v) is 12.5. The fourth-order valence-corrected chi connectivity index (χ4v) is 2.59. The molecule has 5 heteroatoms. The zero-order chi connectivity index (χ0) is 15.0. The summed E-state index contributed by atoms with van der Waals surface area (Å²) in [4.78, 5) is 18.6. The number of benzene rings is 1. The minimum atomic E-state index is -0.0847. The van der Waals surface area contributed by atoms with Gasteiger partial charge in [0, 0.05) is 24.0 Å². The van der Waals surface area contributed by atoms with Gasteiger partial charge in [0.2, 0.25) is 0 Å². The highest BCUT2D eigenvalue weighted by molar-refractivity contribution is 5.95. The lowest BCUT2D eigenvalue weighted by Gasteiger charge is -2.19. The highest BCUT2D eigenvalue weighted by Crippen LogP contribution is 2.30. The third-order valence-electron chi connectivity index (χ3n) is 3.60. The smallest absolute Gasteiger partial charge is 0.323 e. The average Bonchev–Trinajstić information content (AvgIpc) is 2.86. The molecule has 2 amide bonds.